The Morgan fingerprint density at radius 1 is 1.35 bits per heavy atom. The molecule has 3 atom stereocenters. The molecule has 3 N–H and O–H groups in total. The van der Waals surface area contributed by atoms with Crippen molar-refractivity contribution >= 4 is 39.6 Å². The highest BCUT2D eigenvalue weighted by atomic mass is 127. The van der Waals surface area contributed by atoms with Gasteiger partial charge in [0, 0.05) is 29.0 Å². The molecule has 3 aromatic rings. The molecule has 26 heavy (non-hydrogen) atoms. The maximum Gasteiger partial charge on any atom is 0.194 e. The highest BCUT2D eigenvalue weighted by molar-refractivity contribution is 14.1. The number of hydrogen-bond donors (Lipinski definition) is 2. The summed E-state index contributed by atoms with van der Waals surface area (Å²) < 4.78 is 14.4. The summed E-state index contributed by atoms with van der Waals surface area (Å²) in [7, 11) is 0. The van der Waals surface area contributed by atoms with Crippen LogP contribution in [0.2, 0.25) is 0 Å². The molecule has 1 aliphatic heterocycles. The van der Waals surface area contributed by atoms with Crippen LogP contribution in [0.25, 0.3) is 11.2 Å². The molecular weight excluding hydrogens is 449 g/mol. The van der Waals surface area contributed by atoms with Gasteiger partial charge in [0.05, 0.1) is 12.9 Å². The highest BCUT2D eigenvalue weighted by Crippen LogP contribution is 2.34. The van der Waals surface area contributed by atoms with Crippen LogP contribution in [0.1, 0.15) is 18.2 Å². The summed E-state index contributed by atoms with van der Waals surface area (Å²) in [5, 5.41) is 9.70. The number of rotatable bonds is 4. The van der Waals surface area contributed by atoms with E-state index < -0.39 is 6.10 Å². The normalized spacial score (nSPS) is 22.8. The smallest absolute Gasteiger partial charge is 0.194 e. The van der Waals surface area contributed by atoms with Crippen molar-refractivity contribution in [3.63, 3.8) is 0 Å². The topological polar surface area (TPSA) is 108 Å². The van der Waals surface area contributed by atoms with E-state index in [1.54, 1.807) is 6.33 Å². The molecule has 0 spiro atoms. The molecule has 0 bridgehead atoms. The molecule has 8 nitrogen and oxygen atoms in total. The van der Waals surface area contributed by atoms with E-state index in [4.69, 9.17) is 15.2 Å². The van der Waals surface area contributed by atoms with Crippen molar-refractivity contribution in [2.75, 3.05) is 12.3 Å². The van der Waals surface area contributed by atoms with Gasteiger partial charge in [-0.15, -0.1) is 0 Å². The molecule has 0 amide bonds. The minimum atomic E-state index is -0.433. The number of benzene rings is 1. The maximum absolute atomic E-state index is 9.70. The molecule has 0 radical (unpaired) electrons. The fraction of sp³-hybridized carbons (Fsp3) is 0.353. The van der Waals surface area contributed by atoms with Gasteiger partial charge in [0.25, 0.3) is 0 Å². The highest BCUT2D eigenvalue weighted by Gasteiger charge is 2.38. The molecule has 1 unspecified atom stereocenters. The Bertz CT molecular complexity index is 930. The van der Waals surface area contributed by atoms with Crippen LogP contribution in [0, 0.1) is 10.8 Å². The van der Waals surface area contributed by atoms with Crippen LogP contribution >= 0.6 is 22.6 Å². The largest absolute Gasteiger partial charge is 0.487 e. The first-order chi connectivity index (χ1) is 12.5. The van der Waals surface area contributed by atoms with E-state index >= 15 is 0 Å². The van der Waals surface area contributed by atoms with Crippen LogP contribution in [-0.2, 0) is 4.74 Å². The standard InChI is InChI=1S/C17H18IN5O3/c1-9-2-4-10(5-3-9)25-11-6-13(26-12(11)7-24)23-8-20-14-15(19)21-17(18)22-16(14)23/h2-5,8,11-13,24H,6-7H2,1H3,(H2,19,21,22)/t11-,12+,13?/m0/s1. The van der Waals surface area contributed by atoms with Crippen LogP contribution in [0.3, 0.4) is 0 Å². The zero-order chi connectivity index (χ0) is 18.3. The van der Waals surface area contributed by atoms with Gasteiger partial charge < -0.3 is 20.3 Å². The van der Waals surface area contributed by atoms with E-state index in [9.17, 15) is 5.11 Å². The molecule has 136 valence electrons. The number of aryl methyl sites for hydroxylation is 1. The second-order valence-electron chi connectivity index (χ2n) is 6.22. The maximum atomic E-state index is 9.70. The Labute approximate surface area is 163 Å². The Kier molecular flexibility index (Phi) is 4.67. The second-order valence-corrected chi connectivity index (χ2v) is 7.18. The minimum absolute atomic E-state index is 0.131. The molecule has 1 aliphatic rings. The van der Waals surface area contributed by atoms with Crippen LogP contribution in [0.4, 0.5) is 5.82 Å². The lowest BCUT2D eigenvalue weighted by Gasteiger charge is -2.17. The van der Waals surface area contributed by atoms with Crippen molar-refractivity contribution in [1.82, 2.24) is 19.5 Å². The summed E-state index contributed by atoms with van der Waals surface area (Å²) in [6, 6.07) is 7.81. The molecule has 1 saturated heterocycles. The van der Waals surface area contributed by atoms with Crippen molar-refractivity contribution in [3.8, 4) is 5.75 Å². The Hall–Kier alpha value is -1.98. The molecule has 2 aromatic heterocycles. The fourth-order valence-corrected chi connectivity index (χ4v) is 3.56. The van der Waals surface area contributed by atoms with Crippen molar-refractivity contribution in [3.05, 3.63) is 40.0 Å². The molecule has 4 rings (SSSR count). The molecule has 1 aromatic carbocycles. The number of aliphatic hydroxyl groups is 1. The number of halogens is 1. The van der Waals surface area contributed by atoms with E-state index in [1.165, 1.54) is 0 Å². The average Bonchev–Trinajstić information content (AvgIpc) is 3.20. The van der Waals surface area contributed by atoms with E-state index in [2.05, 4.69) is 15.0 Å². The van der Waals surface area contributed by atoms with Crippen molar-refractivity contribution in [1.29, 1.82) is 0 Å². The van der Waals surface area contributed by atoms with Crippen LogP contribution in [0.5, 0.6) is 5.75 Å². The summed E-state index contributed by atoms with van der Waals surface area (Å²) in [5.41, 5.74) is 8.24. The number of aromatic nitrogens is 4. The summed E-state index contributed by atoms with van der Waals surface area (Å²) in [6.07, 6.45) is 1.14. The van der Waals surface area contributed by atoms with Gasteiger partial charge in [-0.3, -0.25) is 4.57 Å². The van der Waals surface area contributed by atoms with Gasteiger partial charge in [-0.25, -0.2) is 15.0 Å². The zero-order valence-electron chi connectivity index (χ0n) is 14.0. The third kappa shape index (κ3) is 3.21. The van der Waals surface area contributed by atoms with Crippen LogP contribution in [0.15, 0.2) is 30.6 Å². The van der Waals surface area contributed by atoms with Gasteiger partial charge in [0.15, 0.2) is 15.3 Å². The second kappa shape index (κ2) is 6.97. The number of imidazole rings is 1. The number of anilines is 1. The molecule has 1 fully saturated rings. The summed E-state index contributed by atoms with van der Waals surface area (Å²) in [4.78, 5) is 12.8. The predicted molar refractivity (Wildman–Crippen MR) is 104 cm³/mol. The van der Waals surface area contributed by atoms with Crippen molar-refractivity contribution in [2.24, 2.45) is 0 Å². The monoisotopic (exact) mass is 467 g/mol. The molecular formula is C17H18IN5O3. The van der Waals surface area contributed by atoms with Gasteiger partial charge in [0.2, 0.25) is 0 Å². The number of aliphatic hydroxyl groups excluding tert-OH is 1. The van der Waals surface area contributed by atoms with Gasteiger partial charge >= 0.3 is 0 Å². The van der Waals surface area contributed by atoms with Crippen molar-refractivity contribution < 1.29 is 14.6 Å². The minimum Gasteiger partial charge on any atom is -0.487 e. The number of nitrogens with two attached hydrogens (primary N) is 1. The predicted octanol–water partition coefficient (Wildman–Crippen LogP) is 2.05. The number of ether oxygens (including phenoxy) is 2. The number of nitrogens with zero attached hydrogens (tertiary/aromatic N) is 4. The molecule has 9 heteroatoms. The number of hydrogen-bond acceptors (Lipinski definition) is 7. The third-order valence-corrected chi connectivity index (χ3v) is 4.88. The van der Waals surface area contributed by atoms with E-state index in [0.717, 1.165) is 11.3 Å². The van der Waals surface area contributed by atoms with Crippen molar-refractivity contribution in [2.45, 2.75) is 31.8 Å². The Morgan fingerprint density at radius 2 is 2.12 bits per heavy atom. The first kappa shape index (κ1) is 17.4. The van der Waals surface area contributed by atoms with E-state index in [-0.39, 0.29) is 18.9 Å². The lowest BCUT2D eigenvalue weighted by molar-refractivity contribution is -0.0392. The van der Waals surface area contributed by atoms with Gasteiger partial charge in [-0.1, -0.05) is 17.7 Å². The summed E-state index contributed by atoms with van der Waals surface area (Å²) in [5.74, 6) is 1.09. The molecule has 0 saturated carbocycles. The van der Waals surface area contributed by atoms with Crippen LogP contribution in [-0.4, -0.2) is 43.4 Å². The lowest BCUT2D eigenvalue weighted by Crippen LogP contribution is -2.30. The van der Waals surface area contributed by atoms with Crippen LogP contribution < -0.4 is 10.5 Å². The van der Waals surface area contributed by atoms with Gasteiger partial charge in [-0.05, 0) is 19.1 Å². The summed E-state index contributed by atoms with van der Waals surface area (Å²) >= 11 is 2.02. The fourth-order valence-electron chi connectivity index (χ4n) is 3.07. The lowest BCUT2D eigenvalue weighted by atomic mass is 10.1. The average molecular weight is 467 g/mol. The zero-order valence-corrected chi connectivity index (χ0v) is 16.2. The summed E-state index contributed by atoms with van der Waals surface area (Å²) in [6.45, 7) is 1.89. The van der Waals surface area contributed by atoms with Gasteiger partial charge in [-0.2, -0.15) is 0 Å². The molecule has 3 heterocycles. The third-order valence-electron chi connectivity index (χ3n) is 4.40. The Morgan fingerprint density at radius 3 is 2.85 bits per heavy atom. The quantitative estimate of drug-likeness (QED) is 0.447. The van der Waals surface area contributed by atoms with E-state index in [1.807, 2.05) is 58.3 Å². The first-order valence-corrected chi connectivity index (χ1v) is 9.28. The number of fused-ring (bicyclic) bond motifs is 1. The van der Waals surface area contributed by atoms with Gasteiger partial charge in [0.1, 0.15) is 29.7 Å². The number of nitrogen functional groups attached to an aromatic ring is 1. The SMILES string of the molecule is Cc1ccc(O[C@H]2CC(n3cnc4c(N)nc(I)nc43)O[C@@H]2CO)cc1. The van der Waals surface area contributed by atoms with E-state index in [0.29, 0.717) is 27.2 Å². The first-order valence-electron chi connectivity index (χ1n) is 8.20. The Balaban J connectivity index is 1.60. The molecule has 0 aliphatic carbocycles.